The van der Waals surface area contributed by atoms with E-state index in [1.807, 2.05) is 0 Å². The maximum absolute atomic E-state index is 12.3. The van der Waals surface area contributed by atoms with Crippen LogP contribution in [0.2, 0.25) is 0 Å². The second kappa shape index (κ2) is 7.69. The Kier molecular flexibility index (Phi) is 5.64. The Morgan fingerprint density at radius 3 is 2.21 bits per heavy atom. The molecule has 128 valence electrons. The molecule has 0 aromatic heterocycles. The van der Waals surface area contributed by atoms with E-state index >= 15 is 0 Å². The fourth-order valence-corrected chi connectivity index (χ4v) is 2.43. The molecule has 8 heteroatoms. The minimum absolute atomic E-state index is 0.000995. The molecule has 3 amide bonds. The smallest absolute Gasteiger partial charge is 0.307 e. The molecule has 0 spiro atoms. The van der Waals surface area contributed by atoms with Crippen molar-refractivity contribution in [2.45, 2.75) is 6.42 Å². The Balaban J connectivity index is 2.06. The lowest BCUT2D eigenvalue weighted by atomic mass is 10.1. The molecule has 1 heterocycles. The number of aliphatic hydroxyl groups excluding tert-OH is 1. The molecule has 0 saturated carbocycles. The average molecular weight is 334 g/mol. The van der Waals surface area contributed by atoms with E-state index in [9.17, 15) is 19.2 Å². The van der Waals surface area contributed by atoms with Gasteiger partial charge in [-0.25, -0.2) is 0 Å². The molecule has 0 bridgehead atoms. The van der Waals surface area contributed by atoms with Crippen molar-refractivity contribution in [2.24, 2.45) is 0 Å². The highest BCUT2D eigenvalue weighted by Gasteiger charge is 2.36. The molecule has 0 fully saturated rings. The number of methoxy groups -OCH3 is 1. The number of aliphatic hydroxyl groups is 1. The lowest BCUT2D eigenvalue weighted by molar-refractivity contribution is -0.142. The molecule has 1 aromatic carbocycles. The largest absolute Gasteiger partial charge is 0.469 e. The van der Waals surface area contributed by atoms with Gasteiger partial charge in [-0.1, -0.05) is 12.1 Å². The van der Waals surface area contributed by atoms with E-state index in [1.54, 1.807) is 12.1 Å². The van der Waals surface area contributed by atoms with Crippen LogP contribution < -0.4 is 0 Å². The van der Waals surface area contributed by atoms with E-state index in [0.717, 1.165) is 4.90 Å². The van der Waals surface area contributed by atoms with Gasteiger partial charge in [-0.15, -0.1) is 0 Å². The summed E-state index contributed by atoms with van der Waals surface area (Å²) < 4.78 is 4.51. The van der Waals surface area contributed by atoms with Gasteiger partial charge in [0.15, 0.2) is 0 Å². The number of benzene rings is 1. The van der Waals surface area contributed by atoms with Crippen molar-refractivity contribution in [3.8, 4) is 0 Å². The lowest BCUT2D eigenvalue weighted by Gasteiger charge is -2.23. The molecule has 0 unspecified atom stereocenters. The Bertz CT molecular complexity index is 637. The molecular weight excluding hydrogens is 316 g/mol. The fraction of sp³-hybridized carbons (Fsp3) is 0.375. The second-order valence-electron chi connectivity index (χ2n) is 5.17. The van der Waals surface area contributed by atoms with Crippen molar-refractivity contribution in [1.29, 1.82) is 0 Å². The SMILES string of the molecule is COC(=O)CCN(CCO)C(=O)CN1C(=O)c2ccccc2C1=O. The molecule has 0 aliphatic carbocycles. The van der Waals surface area contributed by atoms with Crippen LogP contribution in [0.15, 0.2) is 24.3 Å². The summed E-state index contributed by atoms with van der Waals surface area (Å²) in [6.45, 7) is -0.698. The third kappa shape index (κ3) is 3.60. The Morgan fingerprint density at radius 1 is 1.12 bits per heavy atom. The standard InChI is InChI=1S/C16H18N2O6/c1-24-14(21)6-7-17(8-9-19)13(20)10-18-15(22)11-4-2-3-5-12(11)16(18)23/h2-5,19H,6-10H2,1H3. The van der Waals surface area contributed by atoms with Crippen LogP contribution in [0, 0.1) is 0 Å². The Morgan fingerprint density at radius 2 is 1.71 bits per heavy atom. The van der Waals surface area contributed by atoms with Crippen LogP contribution >= 0.6 is 0 Å². The van der Waals surface area contributed by atoms with Crippen molar-refractivity contribution >= 4 is 23.7 Å². The molecule has 0 radical (unpaired) electrons. The van der Waals surface area contributed by atoms with Crippen LogP contribution in [-0.2, 0) is 14.3 Å². The van der Waals surface area contributed by atoms with Gasteiger partial charge in [-0.2, -0.15) is 0 Å². The van der Waals surface area contributed by atoms with Gasteiger partial charge in [-0.3, -0.25) is 24.1 Å². The molecule has 24 heavy (non-hydrogen) atoms. The monoisotopic (exact) mass is 334 g/mol. The first-order valence-electron chi connectivity index (χ1n) is 7.40. The summed E-state index contributed by atoms with van der Waals surface area (Å²) in [6, 6.07) is 6.35. The van der Waals surface area contributed by atoms with E-state index in [-0.39, 0.29) is 37.2 Å². The van der Waals surface area contributed by atoms with Crippen LogP contribution in [0.1, 0.15) is 27.1 Å². The zero-order valence-electron chi connectivity index (χ0n) is 13.2. The normalized spacial score (nSPS) is 13.0. The van der Waals surface area contributed by atoms with E-state index < -0.39 is 30.2 Å². The third-order valence-corrected chi connectivity index (χ3v) is 3.71. The number of fused-ring (bicyclic) bond motifs is 1. The first-order chi connectivity index (χ1) is 11.5. The zero-order chi connectivity index (χ0) is 17.7. The first kappa shape index (κ1) is 17.6. The van der Waals surface area contributed by atoms with Crippen LogP contribution in [0.4, 0.5) is 0 Å². The summed E-state index contributed by atoms with van der Waals surface area (Å²) in [5, 5.41) is 9.06. The summed E-state index contributed by atoms with van der Waals surface area (Å²) in [7, 11) is 1.24. The summed E-state index contributed by atoms with van der Waals surface area (Å²) in [5.41, 5.74) is 0.525. The number of carbonyl (C=O) groups excluding carboxylic acids is 4. The van der Waals surface area contributed by atoms with E-state index in [0.29, 0.717) is 0 Å². The predicted molar refractivity (Wildman–Crippen MR) is 82.1 cm³/mol. The highest BCUT2D eigenvalue weighted by molar-refractivity contribution is 6.22. The second-order valence-corrected chi connectivity index (χ2v) is 5.17. The predicted octanol–water partition coefficient (Wildman–Crippen LogP) is -0.333. The van der Waals surface area contributed by atoms with Gasteiger partial charge in [0.1, 0.15) is 6.54 Å². The average Bonchev–Trinajstić information content (AvgIpc) is 2.83. The molecular formula is C16H18N2O6. The van der Waals surface area contributed by atoms with Crippen molar-refractivity contribution in [3.05, 3.63) is 35.4 Å². The Hall–Kier alpha value is -2.74. The number of carbonyl (C=O) groups is 4. The number of hydrogen-bond donors (Lipinski definition) is 1. The zero-order valence-corrected chi connectivity index (χ0v) is 13.2. The molecule has 8 nitrogen and oxygen atoms in total. The molecule has 2 rings (SSSR count). The first-order valence-corrected chi connectivity index (χ1v) is 7.40. The van der Waals surface area contributed by atoms with Gasteiger partial charge in [0.25, 0.3) is 11.8 Å². The van der Waals surface area contributed by atoms with Crippen LogP contribution in [0.3, 0.4) is 0 Å². The van der Waals surface area contributed by atoms with E-state index in [1.165, 1.54) is 24.1 Å². The maximum Gasteiger partial charge on any atom is 0.307 e. The van der Waals surface area contributed by atoms with Crippen LogP contribution in [0.5, 0.6) is 0 Å². The minimum Gasteiger partial charge on any atom is -0.469 e. The topological polar surface area (TPSA) is 104 Å². The third-order valence-electron chi connectivity index (χ3n) is 3.71. The highest BCUT2D eigenvalue weighted by Crippen LogP contribution is 2.22. The van der Waals surface area contributed by atoms with Gasteiger partial charge in [-0.05, 0) is 12.1 Å². The van der Waals surface area contributed by atoms with E-state index in [2.05, 4.69) is 4.74 Å². The number of hydrogen-bond acceptors (Lipinski definition) is 6. The number of ether oxygens (including phenoxy) is 1. The number of nitrogens with zero attached hydrogens (tertiary/aromatic N) is 2. The summed E-state index contributed by atoms with van der Waals surface area (Å²) >= 11 is 0. The molecule has 1 aliphatic heterocycles. The number of esters is 1. The van der Waals surface area contributed by atoms with Crippen molar-refractivity contribution in [1.82, 2.24) is 9.80 Å². The number of rotatable bonds is 7. The summed E-state index contributed by atoms with van der Waals surface area (Å²) in [4.78, 5) is 50.1. The number of amides is 3. The quantitative estimate of drug-likeness (QED) is 0.541. The molecule has 1 aliphatic rings. The van der Waals surface area contributed by atoms with Crippen molar-refractivity contribution < 1.29 is 29.0 Å². The summed E-state index contributed by atoms with van der Waals surface area (Å²) in [5.74, 6) is -2.07. The molecule has 1 aromatic rings. The van der Waals surface area contributed by atoms with Crippen molar-refractivity contribution in [3.63, 3.8) is 0 Å². The van der Waals surface area contributed by atoms with Crippen LogP contribution in [0.25, 0.3) is 0 Å². The Labute approximate surface area is 138 Å². The van der Waals surface area contributed by atoms with Gasteiger partial charge in [0.2, 0.25) is 5.91 Å². The minimum atomic E-state index is -0.527. The maximum atomic E-state index is 12.3. The molecule has 1 N–H and O–H groups in total. The molecule has 0 saturated heterocycles. The fourth-order valence-electron chi connectivity index (χ4n) is 2.43. The molecule has 0 atom stereocenters. The van der Waals surface area contributed by atoms with Gasteiger partial charge >= 0.3 is 5.97 Å². The van der Waals surface area contributed by atoms with Gasteiger partial charge < -0.3 is 14.7 Å². The lowest BCUT2D eigenvalue weighted by Crippen LogP contribution is -2.44. The van der Waals surface area contributed by atoms with Gasteiger partial charge in [0.05, 0.1) is 31.3 Å². The van der Waals surface area contributed by atoms with Crippen molar-refractivity contribution in [2.75, 3.05) is 33.4 Å². The van der Waals surface area contributed by atoms with E-state index in [4.69, 9.17) is 5.11 Å². The number of imide groups is 1. The van der Waals surface area contributed by atoms with Gasteiger partial charge in [0, 0.05) is 13.1 Å². The van der Waals surface area contributed by atoms with Crippen LogP contribution in [-0.4, -0.2) is 71.9 Å². The summed E-state index contributed by atoms with van der Waals surface area (Å²) in [6.07, 6.45) is -0.0373. The highest BCUT2D eigenvalue weighted by atomic mass is 16.5.